The van der Waals surface area contributed by atoms with Crippen LogP contribution in [0.1, 0.15) is 24.3 Å². The van der Waals surface area contributed by atoms with Gasteiger partial charge in [-0.1, -0.05) is 22.0 Å². The molecule has 1 atom stereocenters. The summed E-state index contributed by atoms with van der Waals surface area (Å²) in [6, 6.07) is 6.58. The van der Waals surface area contributed by atoms with Crippen molar-refractivity contribution >= 4 is 26.8 Å². The Hall–Kier alpha value is -0.800. The first-order valence-corrected chi connectivity index (χ1v) is 7.00. The first-order valence-electron chi connectivity index (χ1n) is 6.21. The number of hydrogen-bond donors (Lipinski definition) is 1. The monoisotopic (exact) mass is 292 g/mol. The molecule has 2 heterocycles. The fourth-order valence-electron chi connectivity index (χ4n) is 2.83. The van der Waals surface area contributed by atoms with Crippen molar-refractivity contribution in [2.75, 3.05) is 13.1 Å². The first-order chi connectivity index (χ1) is 8.25. The van der Waals surface area contributed by atoms with Gasteiger partial charge in [-0.3, -0.25) is 0 Å². The third kappa shape index (κ3) is 2.02. The zero-order chi connectivity index (χ0) is 11.8. The summed E-state index contributed by atoms with van der Waals surface area (Å²) in [6.45, 7) is 2.29. The summed E-state index contributed by atoms with van der Waals surface area (Å²) in [5.41, 5.74) is 2.82. The average Bonchev–Trinajstić information content (AvgIpc) is 2.68. The Bertz CT molecular complexity index is 538. The zero-order valence-electron chi connectivity index (χ0n) is 10.0. The number of aromatic nitrogens is 1. The van der Waals surface area contributed by atoms with E-state index in [9.17, 15) is 0 Å². The second-order valence-corrected chi connectivity index (χ2v) is 5.82. The van der Waals surface area contributed by atoms with E-state index >= 15 is 0 Å². The third-order valence-electron chi connectivity index (χ3n) is 3.72. The highest BCUT2D eigenvalue weighted by Gasteiger charge is 2.19. The van der Waals surface area contributed by atoms with E-state index in [1.165, 1.54) is 35.9 Å². The van der Waals surface area contributed by atoms with Crippen molar-refractivity contribution in [2.45, 2.75) is 18.8 Å². The number of aryl methyl sites for hydroxylation is 1. The number of fused-ring (bicyclic) bond motifs is 1. The summed E-state index contributed by atoms with van der Waals surface area (Å²) in [5, 5.41) is 4.91. The molecular formula is C14H17BrN2. The molecule has 1 aliphatic rings. The maximum atomic E-state index is 3.55. The van der Waals surface area contributed by atoms with Crippen LogP contribution in [0.25, 0.3) is 10.9 Å². The molecule has 3 rings (SSSR count). The van der Waals surface area contributed by atoms with Gasteiger partial charge < -0.3 is 9.88 Å². The number of nitrogens with zero attached hydrogens (tertiary/aromatic N) is 1. The van der Waals surface area contributed by atoms with Gasteiger partial charge in [0.2, 0.25) is 0 Å². The molecule has 2 aromatic rings. The van der Waals surface area contributed by atoms with E-state index in [2.05, 4.69) is 57.3 Å². The quantitative estimate of drug-likeness (QED) is 0.852. The number of benzene rings is 1. The average molecular weight is 293 g/mol. The van der Waals surface area contributed by atoms with Crippen LogP contribution in [0.4, 0.5) is 0 Å². The molecule has 0 spiro atoms. The zero-order valence-corrected chi connectivity index (χ0v) is 11.6. The molecule has 1 N–H and O–H groups in total. The Balaban J connectivity index is 2.10. The Morgan fingerprint density at radius 3 is 3.06 bits per heavy atom. The van der Waals surface area contributed by atoms with Crippen LogP contribution in [0, 0.1) is 0 Å². The van der Waals surface area contributed by atoms with Gasteiger partial charge in [0.25, 0.3) is 0 Å². The minimum Gasteiger partial charge on any atom is -0.350 e. The predicted octanol–water partition coefficient (Wildman–Crippen LogP) is 3.41. The second-order valence-electron chi connectivity index (χ2n) is 4.90. The van der Waals surface area contributed by atoms with E-state index in [4.69, 9.17) is 0 Å². The third-order valence-corrected chi connectivity index (χ3v) is 4.21. The standard InChI is InChI=1S/C14H17BrN2/c1-17-9-13(10-3-2-6-16-8-10)12-5-4-11(15)7-14(12)17/h4-5,7,9-10,16H,2-3,6,8H2,1H3. The van der Waals surface area contributed by atoms with Crippen molar-refractivity contribution in [3.63, 3.8) is 0 Å². The van der Waals surface area contributed by atoms with Crippen molar-refractivity contribution < 1.29 is 0 Å². The first kappa shape index (κ1) is 11.3. The largest absolute Gasteiger partial charge is 0.350 e. The lowest BCUT2D eigenvalue weighted by Crippen LogP contribution is -2.28. The molecular weight excluding hydrogens is 276 g/mol. The lowest BCUT2D eigenvalue weighted by Gasteiger charge is -2.22. The molecule has 2 nitrogen and oxygen atoms in total. The molecule has 1 unspecified atom stereocenters. The summed E-state index contributed by atoms with van der Waals surface area (Å²) in [5.74, 6) is 0.675. The fraction of sp³-hybridized carbons (Fsp3) is 0.429. The fourth-order valence-corrected chi connectivity index (χ4v) is 3.18. The molecule has 0 amide bonds. The van der Waals surface area contributed by atoms with Crippen LogP contribution in [0.5, 0.6) is 0 Å². The van der Waals surface area contributed by atoms with Crippen molar-refractivity contribution in [3.05, 3.63) is 34.4 Å². The Morgan fingerprint density at radius 2 is 2.29 bits per heavy atom. The van der Waals surface area contributed by atoms with Crippen molar-refractivity contribution in [1.82, 2.24) is 9.88 Å². The Labute approximate surface area is 110 Å². The summed E-state index contributed by atoms with van der Waals surface area (Å²) in [4.78, 5) is 0. The van der Waals surface area contributed by atoms with Gasteiger partial charge in [0, 0.05) is 35.2 Å². The molecule has 1 aromatic carbocycles. The molecule has 1 saturated heterocycles. The minimum atomic E-state index is 0.675. The minimum absolute atomic E-state index is 0.675. The smallest absolute Gasteiger partial charge is 0.0491 e. The van der Waals surface area contributed by atoms with Crippen LogP contribution in [0.3, 0.4) is 0 Å². The van der Waals surface area contributed by atoms with Crippen LogP contribution in [0.15, 0.2) is 28.9 Å². The van der Waals surface area contributed by atoms with Crippen LogP contribution < -0.4 is 5.32 Å². The number of hydrogen-bond acceptors (Lipinski definition) is 1. The summed E-state index contributed by atoms with van der Waals surface area (Å²) >= 11 is 3.55. The van der Waals surface area contributed by atoms with Gasteiger partial charge in [0.05, 0.1) is 0 Å². The molecule has 0 aliphatic carbocycles. The van der Waals surface area contributed by atoms with Gasteiger partial charge in [-0.15, -0.1) is 0 Å². The summed E-state index contributed by atoms with van der Waals surface area (Å²) < 4.78 is 3.39. The maximum Gasteiger partial charge on any atom is 0.0491 e. The van der Waals surface area contributed by atoms with Crippen LogP contribution >= 0.6 is 15.9 Å². The van der Waals surface area contributed by atoms with E-state index in [0.717, 1.165) is 11.0 Å². The highest BCUT2D eigenvalue weighted by Crippen LogP contribution is 2.32. The van der Waals surface area contributed by atoms with Crippen molar-refractivity contribution in [2.24, 2.45) is 7.05 Å². The molecule has 0 saturated carbocycles. The van der Waals surface area contributed by atoms with Crippen LogP contribution in [0.2, 0.25) is 0 Å². The summed E-state index contributed by atoms with van der Waals surface area (Å²) in [6.07, 6.45) is 4.90. The van der Waals surface area contributed by atoms with Crippen molar-refractivity contribution in [1.29, 1.82) is 0 Å². The molecule has 3 heteroatoms. The SMILES string of the molecule is Cn1cc(C2CCCNC2)c2ccc(Br)cc21. The van der Waals surface area contributed by atoms with E-state index in [1.807, 2.05) is 0 Å². The second kappa shape index (κ2) is 4.46. The van der Waals surface area contributed by atoms with Gasteiger partial charge >= 0.3 is 0 Å². The lowest BCUT2D eigenvalue weighted by molar-refractivity contribution is 0.463. The number of rotatable bonds is 1. The molecule has 90 valence electrons. The van der Waals surface area contributed by atoms with Crippen LogP contribution in [-0.2, 0) is 7.05 Å². The molecule has 0 radical (unpaired) electrons. The molecule has 0 bridgehead atoms. The van der Waals surface area contributed by atoms with E-state index in [-0.39, 0.29) is 0 Å². The Morgan fingerprint density at radius 1 is 1.41 bits per heavy atom. The van der Waals surface area contributed by atoms with E-state index in [1.54, 1.807) is 0 Å². The van der Waals surface area contributed by atoms with Crippen LogP contribution in [-0.4, -0.2) is 17.7 Å². The normalized spacial score (nSPS) is 20.9. The van der Waals surface area contributed by atoms with Gasteiger partial charge in [0.1, 0.15) is 0 Å². The number of piperidine rings is 1. The molecule has 1 aromatic heterocycles. The lowest BCUT2D eigenvalue weighted by atomic mass is 9.91. The topological polar surface area (TPSA) is 17.0 Å². The molecule has 1 aliphatic heterocycles. The van der Waals surface area contributed by atoms with E-state index in [0.29, 0.717) is 5.92 Å². The molecule has 1 fully saturated rings. The maximum absolute atomic E-state index is 3.55. The molecule has 17 heavy (non-hydrogen) atoms. The summed E-state index contributed by atoms with van der Waals surface area (Å²) in [7, 11) is 2.13. The van der Waals surface area contributed by atoms with Gasteiger partial charge in [-0.05, 0) is 43.0 Å². The predicted molar refractivity (Wildman–Crippen MR) is 75.5 cm³/mol. The van der Waals surface area contributed by atoms with Gasteiger partial charge in [-0.2, -0.15) is 0 Å². The highest BCUT2D eigenvalue weighted by atomic mass is 79.9. The van der Waals surface area contributed by atoms with Gasteiger partial charge in [-0.25, -0.2) is 0 Å². The highest BCUT2D eigenvalue weighted by molar-refractivity contribution is 9.10. The van der Waals surface area contributed by atoms with Gasteiger partial charge in [0.15, 0.2) is 0 Å². The van der Waals surface area contributed by atoms with Crippen molar-refractivity contribution in [3.8, 4) is 0 Å². The number of nitrogens with one attached hydrogen (secondary N) is 1. The number of halogens is 1. The Kier molecular flexibility index (Phi) is 2.97. The van der Waals surface area contributed by atoms with E-state index < -0.39 is 0 Å².